The van der Waals surface area contributed by atoms with E-state index >= 15 is 0 Å². The van der Waals surface area contributed by atoms with E-state index in [9.17, 15) is 19.5 Å². The van der Waals surface area contributed by atoms with Crippen molar-refractivity contribution in [3.8, 4) is 22.6 Å². The number of alkyl carbamates (subject to hydrolysis) is 1. The van der Waals surface area contributed by atoms with Gasteiger partial charge in [-0.15, -0.1) is 0 Å². The Bertz CT molecular complexity index is 1240. The summed E-state index contributed by atoms with van der Waals surface area (Å²) in [5.41, 5.74) is 4.93. The van der Waals surface area contributed by atoms with E-state index in [1.165, 1.54) is 13.0 Å². The molecule has 0 spiro atoms. The molecule has 0 saturated heterocycles. The number of nitrogens with one attached hydrogen (secondary N) is 1. The Kier molecular flexibility index (Phi) is 7.53. The average Bonchev–Trinajstić information content (AvgIpc) is 3.17. The van der Waals surface area contributed by atoms with E-state index in [0.717, 1.165) is 22.3 Å². The van der Waals surface area contributed by atoms with Gasteiger partial charge >= 0.3 is 18.0 Å². The van der Waals surface area contributed by atoms with Gasteiger partial charge in [0.05, 0.1) is 6.61 Å². The molecule has 3 aromatic rings. The van der Waals surface area contributed by atoms with Crippen LogP contribution in [0.25, 0.3) is 11.1 Å². The van der Waals surface area contributed by atoms with E-state index in [0.29, 0.717) is 17.9 Å². The molecular weight excluding hydrogens is 462 g/mol. The second-order valence-corrected chi connectivity index (χ2v) is 8.37. The monoisotopic (exact) mass is 489 g/mol. The highest BCUT2D eigenvalue weighted by Crippen LogP contribution is 2.44. The van der Waals surface area contributed by atoms with Crippen molar-refractivity contribution < 1.29 is 33.7 Å². The molecule has 1 aliphatic rings. The van der Waals surface area contributed by atoms with Crippen LogP contribution in [0.1, 0.15) is 36.5 Å². The van der Waals surface area contributed by atoms with Crippen molar-refractivity contribution >= 4 is 18.0 Å². The molecule has 1 atom stereocenters. The first kappa shape index (κ1) is 24.8. The predicted octanol–water partition coefficient (Wildman–Crippen LogP) is 4.55. The number of fused-ring (bicyclic) bond motifs is 3. The number of carbonyl (C=O) groups is 3. The quantitative estimate of drug-likeness (QED) is 0.335. The highest BCUT2D eigenvalue weighted by molar-refractivity contribution is 5.81. The van der Waals surface area contributed by atoms with E-state index in [-0.39, 0.29) is 24.7 Å². The zero-order valence-corrected chi connectivity index (χ0v) is 20.0. The summed E-state index contributed by atoms with van der Waals surface area (Å²) in [5, 5.41) is 12.1. The van der Waals surface area contributed by atoms with Gasteiger partial charge in [-0.1, -0.05) is 54.6 Å². The van der Waals surface area contributed by atoms with Crippen molar-refractivity contribution in [1.82, 2.24) is 5.32 Å². The Balaban J connectivity index is 1.43. The Morgan fingerprint density at radius 1 is 0.944 bits per heavy atom. The number of esters is 1. The van der Waals surface area contributed by atoms with Crippen molar-refractivity contribution in [3.63, 3.8) is 0 Å². The summed E-state index contributed by atoms with van der Waals surface area (Å²) >= 11 is 0. The number of hydrogen-bond acceptors (Lipinski definition) is 6. The number of rotatable bonds is 9. The number of amides is 1. The lowest BCUT2D eigenvalue weighted by atomic mass is 9.98. The molecule has 36 heavy (non-hydrogen) atoms. The standard InChI is InChI=1S/C28H27NO7/c1-3-34-26-15-18(12-13-25(26)36-17(2)30)14-24(27(31)32)29-28(33)35-16-23-21-10-6-4-8-19(21)20-9-5-7-11-22(20)23/h4-13,15,23-24H,3,14,16H2,1-2H3,(H,29,33)(H,31,32). The van der Waals surface area contributed by atoms with Crippen LogP contribution < -0.4 is 14.8 Å². The van der Waals surface area contributed by atoms with Crippen molar-refractivity contribution in [2.45, 2.75) is 32.2 Å². The fourth-order valence-corrected chi connectivity index (χ4v) is 4.41. The molecule has 1 amide bonds. The zero-order chi connectivity index (χ0) is 25.7. The summed E-state index contributed by atoms with van der Waals surface area (Å²) in [6.07, 6.45) is -0.828. The summed E-state index contributed by atoms with van der Waals surface area (Å²) in [7, 11) is 0. The minimum Gasteiger partial charge on any atom is -0.490 e. The van der Waals surface area contributed by atoms with Crippen LogP contribution in [-0.4, -0.2) is 42.4 Å². The maximum Gasteiger partial charge on any atom is 0.407 e. The summed E-state index contributed by atoms with van der Waals surface area (Å²) in [6, 6.07) is 19.5. The first-order chi connectivity index (χ1) is 17.4. The van der Waals surface area contributed by atoms with Crippen molar-refractivity contribution in [1.29, 1.82) is 0 Å². The Morgan fingerprint density at radius 2 is 1.58 bits per heavy atom. The average molecular weight is 490 g/mol. The molecule has 1 unspecified atom stereocenters. The number of hydrogen-bond donors (Lipinski definition) is 2. The molecule has 0 aromatic heterocycles. The predicted molar refractivity (Wildman–Crippen MR) is 132 cm³/mol. The molecular formula is C28H27NO7. The van der Waals surface area contributed by atoms with Crippen LogP contribution in [0.15, 0.2) is 66.7 Å². The summed E-state index contributed by atoms with van der Waals surface area (Å²) in [4.78, 5) is 35.8. The second kappa shape index (κ2) is 10.9. The molecule has 0 radical (unpaired) electrons. The number of ether oxygens (including phenoxy) is 3. The normalized spacial score (nSPS) is 12.7. The molecule has 0 bridgehead atoms. The van der Waals surface area contributed by atoms with Crippen LogP contribution in [0.3, 0.4) is 0 Å². The second-order valence-electron chi connectivity index (χ2n) is 8.37. The summed E-state index contributed by atoms with van der Waals surface area (Å²) in [6.45, 7) is 3.47. The van der Waals surface area contributed by atoms with E-state index in [4.69, 9.17) is 14.2 Å². The number of carboxylic acids is 1. The van der Waals surface area contributed by atoms with Gasteiger partial charge in [0.25, 0.3) is 0 Å². The fraction of sp³-hybridized carbons (Fsp3) is 0.250. The molecule has 3 aromatic carbocycles. The molecule has 2 N–H and O–H groups in total. The van der Waals surface area contributed by atoms with Gasteiger partial charge in [0.2, 0.25) is 0 Å². The first-order valence-corrected chi connectivity index (χ1v) is 11.7. The van der Waals surface area contributed by atoms with Crippen LogP contribution in [0.2, 0.25) is 0 Å². The molecule has 0 saturated carbocycles. The van der Waals surface area contributed by atoms with Gasteiger partial charge in [0, 0.05) is 19.3 Å². The van der Waals surface area contributed by atoms with Crippen molar-refractivity contribution in [3.05, 3.63) is 83.4 Å². The SMILES string of the molecule is CCOc1cc(CC(NC(=O)OCC2c3ccccc3-c3ccccc32)C(=O)O)ccc1OC(C)=O. The zero-order valence-electron chi connectivity index (χ0n) is 20.0. The largest absolute Gasteiger partial charge is 0.490 e. The van der Waals surface area contributed by atoms with Gasteiger partial charge in [-0.05, 0) is 46.9 Å². The topological polar surface area (TPSA) is 111 Å². The maximum atomic E-state index is 12.6. The van der Waals surface area contributed by atoms with Gasteiger partial charge in [0.1, 0.15) is 12.6 Å². The van der Waals surface area contributed by atoms with Crippen LogP contribution in [-0.2, 0) is 20.7 Å². The summed E-state index contributed by atoms with van der Waals surface area (Å²) < 4.78 is 16.1. The van der Waals surface area contributed by atoms with Gasteiger partial charge in [-0.2, -0.15) is 0 Å². The van der Waals surface area contributed by atoms with E-state index in [2.05, 4.69) is 5.32 Å². The molecule has 8 heteroatoms. The van der Waals surface area contributed by atoms with Crippen LogP contribution in [0, 0.1) is 0 Å². The molecule has 186 valence electrons. The van der Waals surface area contributed by atoms with Gasteiger partial charge in [0.15, 0.2) is 11.5 Å². The number of aliphatic carboxylic acids is 1. The molecule has 1 aliphatic carbocycles. The van der Waals surface area contributed by atoms with E-state index < -0.39 is 24.1 Å². The van der Waals surface area contributed by atoms with Crippen LogP contribution in [0.5, 0.6) is 11.5 Å². The third kappa shape index (κ3) is 5.49. The smallest absolute Gasteiger partial charge is 0.407 e. The molecule has 0 fully saturated rings. The van der Waals surface area contributed by atoms with E-state index in [1.807, 2.05) is 48.5 Å². The lowest BCUT2D eigenvalue weighted by molar-refractivity contribution is -0.139. The van der Waals surface area contributed by atoms with Crippen LogP contribution in [0.4, 0.5) is 4.79 Å². The molecule has 0 heterocycles. The summed E-state index contributed by atoms with van der Waals surface area (Å²) in [5.74, 6) is -1.27. The van der Waals surface area contributed by atoms with E-state index in [1.54, 1.807) is 19.1 Å². The van der Waals surface area contributed by atoms with Gasteiger partial charge in [-0.3, -0.25) is 4.79 Å². The third-order valence-corrected chi connectivity index (χ3v) is 5.94. The minimum absolute atomic E-state index is 0.0139. The Labute approximate surface area is 208 Å². The highest BCUT2D eigenvalue weighted by Gasteiger charge is 2.30. The Hall–Kier alpha value is -4.33. The maximum absolute atomic E-state index is 12.6. The minimum atomic E-state index is -1.23. The highest BCUT2D eigenvalue weighted by atomic mass is 16.6. The molecule has 0 aliphatic heterocycles. The molecule has 4 rings (SSSR count). The Morgan fingerprint density at radius 3 is 2.17 bits per heavy atom. The lowest BCUT2D eigenvalue weighted by Crippen LogP contribution is -2.42. The number of carbonyl (C=O) groups excluding carboxylic acids is 2. The molecule has 8 nitrogen and oxygen atoms in total. The van der Waals surface area contributed by atoms with Gasteiger partial charge < -0.3 is 24.6 Å². The van der Waals surface area contributed by atoms with Crippen LogP contribution >= 0.6 is 0 Å². The number of benzene rings is 3. The first-order valence-electron chi connectivity index (χ1n) is 11.7. The van der Waals surface area contributed by atoms with Gasteiger partial charge in [-0.25, -0.2) is 9.59 Å². The third-order valence-electron chi connectivity index (χ3n) is 5.94. The lowest BCUT2D eigenvalue weighted by Gasteiger charge is -2.18. The fourth-order valence-electron chi connectivity index (χ4n) is 4.41. The van der Waals surface area contributed by atoms with Crippen molar-refractivity contribution in [2.75, 3.05) is 13.2 Å². The number of carboxylic acid groups (broad SMARTS) is 1. The van der Waals surface area contributed by atoms with Crippen molar-refractivity contribution in [2.24, 2.45) is 0 Å².